The summed E-state index contributed by atoms with van der Waals surface area (Å²) in [6, 6.07) is 2.11. The van der Waals surface area contributed by atoms with Crippen molar-refractivity contribution in [3.8, 4) is 0 Å². The van der Waals surface area contributed by atoms with Crippen LogP contribution in [0.1, 0.15) is 24.2 Å². The van der Waals surface area contributed by atoms with Crippen LogP contribution in [0.2, 0.25) is 0 Å². The van der Waals surface area contributed by atoms with E-state index in [1.165, 1.54) is 0 Å². The average Bonchev–Trinajstić information content (AvgIpc) is 2.45. The van der Waals surface area contributed by atoms with E-state index in [1.807, 2.05) is 0 Å². The highest BCUT2D eigenvalue weighted by Gasteiger charge is 2.20. The zero-order valence-corrected chi connectivity index (χ0v) is 11.6. The molecular formula is C14H14F2N2O3. The van der Waals surface area contributed by atoms with Crippen molar-refractivity contribution in [1.29, 1.82) is 0 Å². The van der Waals surface area contributed by atoms with Crippen LogP contribution in [0.15, 0.2) is 16.9 Å². The monoisotopic (exact) mass is 296 g/mol. The molecular weight excluding hydrogens is 282 g/mol. The summed E-state index contributed by atoms with van der Waals surface area (Å²) >= 11 is 0. The molecule has 0 saturated carbocycles. The number of carbonyl (C=O) groups excluding carboxylic acids is 1. The average molecular weight is 296 g/mol. The van der Waals surface area contributed by atoms with Gasteiger partial charge in [-0.3, -0.25) is 4.79 Å². The number of nitrogens with two attached hydrogens (primary N) is 1. The molecule has 0 amide bonds. The molecule has 0 fully saturated rings. The van der Waals surface area contributed by atoms with Gasteiger partial charge < -0.3 is 15.0 Å². The Kier molecular flexibility index (Phi) is 3.93. The molecule has 112 valence electrons. The lowest BCUT2D eigenvalue weighted by molar-refractivity contribution is 0.0524. The maximum Gasteiger partial charge on any atom is 0.343 e. The zero-order chi connectivity index (χ0) is 15.7. The van der Waals surface area contributed by atoms with Gasteiger partial charge in [0.15, 0.2) is 5.82 Å². The van der Waals surface area contributed by atoms with Crippen molar-refractivity contribution in [2.45, 2.75) is 20.4 Å². The number of ether oxygens (including phenoxy) is 1. The molecule has 0 aliphatic rings. The minimum atomic E-state index is -1.01. The smallest absolute Gasteiger partial charge is 0.343 e. The van der Waals surface area contributed by atoms with E-state index in [2.05, 4.69) is 0 Å². The van der Waals surface area contributed by atoms with Crippen LogP contribution in [0.5, 0.6) is 0 Å². The van der Waals surface area contributed by atoms with E-state index in [-0.39, 0.29) is 29.6 Å². The number of benzene rings is 1. The summed E-state index contributed by atoms with van der Waals surface area (Å²) in [5, 5.41) is 0.0729. The van der Waals surface area contributed by atoms with Gasteiger partial charge in [-0.25, -0.2) is 13.6 Å². The van der Waals surface area contributed by atoms with E-state index in [9.17, 15) is 18.4 Å². The van der Waals surface area contributed by atoms with Gasteiger partial charge in [0.1, 0.15) is 17.1 Å². The molecule has 2 aromatic rings. The Bertz CT molecular complexity index is 784. The molecule has 0 spiro atoms. The first-order valence-electron chi connectivity index (χ1n) is 6.40. The highest BCUT2D eigenvalue weighted by Crippen LogP contribution is 2.25. The van der Waals surface area contributed by atoms with E-state index >= 15 is 0 Å². The molecule has 1 aromatic heterocycles. The number of hydrogen-bond donors (Lipinski definition) is 1. The Morgan fingerprint density at radius 1 is 1.33 bits per heavy atom. The molecule has 5 nitrogen and oxygen atoms in total. The molecule has 0 aliphatic heterocycles. The van der Waals surface area contributed by atoms with Gasteiger partial charge in [0, 0.05) is 11.9 Å². The van der Waals surface area contributed by atoms with E-state index in [0.29, 0.717) is 0 Å². The number of nitrogens with zero attached hydrogens (tertiary/aromatic N) is 1. The first-order valence-corrected chi connectivity index (χ1v) is 6.40. The second-order valence-electron chi connectivity index (χ2n) is 4.35. The van der Waals surface area contributed by atoms with Crippen LogP contribution < -0.4 is 11.3 Å². The summed E-state index contributed by atoms with van der Waals surface area (Å²) in [7, 11) is 0. The maximum absolute atomic E-state index is 14.1. The Morgan fingerprint density at radius 3 is 2.57 bits per heavy atom. The van der Waals surface area contributed by atoms with E-state index in [4.69, 9.17) is 10.5 Å². The quantitative estimate of drug-likeness (QED) is 0.695. The SMILES string of the molecule is CCOC(=O)c1cc2cc(F)c(N)c(F)c2n(CC)c1=O. The summed E-state index contributed by atoms with van der Waals surface area (Å²) < 4.78 is 33.5. The number of esters is 1. The summed E-state index contributed by atoms with van der Waals surface area (Å²) in [4.78, 5) is 24.0. The van der Waals surface area contributed by atoms with Crippen LogP contribution in [0.3, 0.4) is 0 Å². The van der Waals surface area contributed by atoms with Gasteiger partial charge in [-0.1, -0.05) is 0 Å². The third kappa shape index (κ3) is 2.35. The largest absolute Gasteiger partial charge is 0.462 e. The highest BCUT2D eigenvalue weighted by molar-refractivity contribution is 5.94. The molecule has 1 aromatic carbocycles. The van der Waals surface area contributed by atoms with Crippen LogP contribution in [-0.4, -0.2) is 17.1 Å². The van der Waals surface area contributed by atoms with Gasteiger partial charge in [-0.05, 0) is 26.0 Å². The minimum absolute atomic E-state index is 0.0729. The second-order valence-corrected chi connectivity index (χ2v) is 4.35. The lowest BCUT2D eigenvalue weighted by Crippen LogP contribution is -2.28. The summed E-state index contributed by atoms with van der Waals surface area (Å²) in [6.45, 7) is 3.39. The second kappa shape index (κ2) is 5.51. The molecule has 0 radical (unpaired) electrons. The number of halogens is 2. The van der Waals surface area contributed by atoms with Crippen molar-refractivity contribution in [1.82, 2.24) is 4.57 Å². The normalized spacial score (nSPS) is 10.9. The van der Waals surface area contributed by atoms with Gasteiger partial charge in [0.05, 0.1) is 12.1 Å². The number of nitrogen functional groups attached to an aromatic ring is 1. The lowest BCUT2D eigenvalue weighted by atomic mass is 10.1. The Balaban J connectivity index is 2.89. The molecule has 21 heavy (non-hydrogen) atoms. The van der Waals surface area contributed by atoms with Gasteiger partial charge in [0.2, 0.25) is 0 Å². The highest BCUT2D eigenvalue weighted by atomic mass is 19.1. The number of fused-ring (bicyclic) bond motifs is 1. The van der Waals surface area contributed by atoms with E-state index in [1.54, 1.807) is 13.8 Å². The summed E-state index contributed by atoms with van der Waals surface area (Å²) in [6.07, 6.45) is 0. The van der Waals surface area contributed by atoms with E-state index < -0.39 is 28.9 Å². The molecule has 0 unspecified atom stereocenters. The first-order chi connectivity index (χ1) is 9.92. The predicted molar refractivity (Wildman–Crippen MR) is 74.2 cm³/mol. The van der Waals surface area contributed by atoms with Crippen LogP contribution in [0.25, 0.3) is 10.9 Å². The number of rotatable bonds is 3. The van der Waals surface area contributed by atoms with Gasteiger partial charge >= 0.3 is 5.97 Å². The van der Waals surface area contributed by atoms with Crippen molar-refractivity contribution >= 4 is 22.6 Å². The fourth-order valence-electron chi connectivity index (χ4n) is 2.15. The zero-order valence-electron chi connectivity index (χ0n) is 11.6. The standard InChI is InChI=1S/C14H14F2N2O3/c1-3-18-12-7(6-9(15)11(17)10(12)16)5-8(13(18)19)14(20)21-4-2/h5-6H,3-4,17H2,1-2H3. The third-order valence-electron chi connectivity index (χ3n) is 3.11. The molecule has 2 rings (SSSR count). The lowest BCUT2D eigenvalue weighted by Gasteiger charge is -2.13. The number of aryl methyl sites for hydroxylation is 1. The molecule has 0 saturated heterocycles. The van der Waals surface area contributed by atoms with Crippen LogP contribution >= 0.6 is 0 Å². The van der Waals surface area contributed by atoms with Crippen LogP contribution in [0, 0.1) is 11.6 Å². The Labute approximate surface area is 118 Å². The molecule has 0 aliphatic carbocycles. The maximum atomic E-state index is 14.1. The summed E-state index contributed by atoms with van der Waals surface area (Å²) in [5.41, 5.74) is 3.55. The molecule has 0 bridgehead atoms. The van der Waals surface area contributed by atoms with E-state index in [0.717, 1.165) is 16.7 Å². The fraction of sp³-hybridized carbons (Fsp3) is 0.286. The van der Waals surface area contributed by atoms with Crippen molar-refractivity contribution in [2.24, 2.45) is 0 Å². The topological polar surface area (TPSA) is 74.3 Å². The first kappa shape index (κ1) is 15.0. The van der Waals surface area contributed by atoms with Gasteiger partial charge in [0.25, 0.3) is 5.56 Å². The van der Waals surface area contributed by atoms with Gasteiger partial charge in [-0.2, -0.15) is 0 Å². The summed E-state index contributed by atoms with van der Waals surface area (Å²) in [5.74, 6) is -2.79. The van der Waals surface area contributed by atoms with Crippen molar-refractivity contribution in [3.05, 3.63) is 39.7 Å². The van der Waals surface area contributed by atoms with Crippen LogP contribution in [0.4, 0.5) is 14.5 Å². The van der Waals surface area contributed by atoms with Crippen molar-refractivity contribution < 1.29 is 18.3 Å². The molecule has 2 N–H and O–H groups in total. The van der Waals surface area contributed by atoms with Crippen molar-refractivity contribution in [3.63, 3.8) is 0 Å². The van der Waals surface area contributed by atoms with Crippen LogP contribution in [-0.2, 0) is 11.3 Å². The number of anilines is 1. The van der Waals surface area contributed by atoms with Gasteiger partial charge in [-0.15, -0.1) is 0 Å². The molecule has 0 atom stereocenters. The Morgan fingerprint density at radius 2 is 2.00 bits per heavy atom. The number of pyridine rings is 1. The Hall–Kier alpha value is -2.44. The molecule has 1 heterocycles. The van der Waals surface area contributed by atoms with Crippen molar-refractivity contribution in [2.75, 3.05) is 12.3 Å². The number of carbonyl (C=O) groups is 1. The molecule has 7 heteroatoms. The minimum Gasteiger partial charge on any atom is -0.462 e. The number of hydrogen-bond acceptors (Lipinski definition) is 4. The number of aromatic nitrogens is 1. The fourth-order valence-corrected chi connectivity index (χ4v) is 2.15. The predicted octanol–water partition coefficient (Wildman–Crippen LogP) is 2.06. The third-order valence-corrected chi connectivity index (χ3v) is 3.11.